The van der Waals surface area contributed by atoms with Crippen LogP contribution in [-0.2, 0) is 38.1 Å². The van der Waals surface area contributed by atoms with Gasteiger partial charge in [0.15, 0.2) is 23.6 Å². The second kappa shape index (κ2) is 8.99. The van der Waals surface area contributed by atoms with Gasteiger partial charge in [0.1, 0.15) is 12.2 Å². The normalized spacial score (nSPS) is 39.4. The van der Waals surface area contributed by atoms with E-state index in [0.717, 1.165) is 12.2 Å². The van der Waals surface area contributed by atoms with Crippen LogP contribution in [0.4, 0.5) is 0 Å². The first kappa shape index (κ1) is 23.9. The summed E-state index contributed by atoms with van der Waals surface area (Å²) in [5.74, 6) is -4.18. The van der Waals surface area contributed by atoms with Gasteiger partial charge in [0.25, 0.3) is 0 Å². The second-order valence-electron chi connectivity index (χ2n) is 8.50. The van der Waals surface area contributed by atoms with Gasteiger partial charge < -0.3 is 24.1 Å². The summed E-state index contributed by atoms with van der Waals surface area (Å²) in [5, 5.41) is 11.3. The first-order valence-corrected chi connectivity index (χ1v) is 10.5. The molecule has 9 nitrogen and oxygen atoms in total. The van der Waals surface area contributed by atoms with Crippen molar-refractivity contribution in [1.29, 1.82) is 0 Å². The molecule has 32 heavy (non-hydrogen) atoms. The average molecular weight is 448 g/mol. The number of esters is 3. The summed E-state index contributed by atoms with van der Waals surface area (Å²) in [6.07, 6.45) is 0.185. The Balaban J connectivity index is 2.14. The van der Waals surface area contributed by atoms with Crippen molar-refractivity contribution in [2.75, 3.05) is 0 Å². The van der Waals surface area contributed by atoms with E-state index in [-0.39, 0.29) is 11.5 Å². The predicted molar refractivity (Wildman–Crippen MR) is 110 cm³/mol. The molecule has 3 rings (SSSR count). The number of aliphatic hydroxyl groups is 1. The highest BCUT2D eigenvalue weighted by Crippen LogP contribution is 2.45. The number of allylic oxidation sites excluding steroid dienone is 2. The van der Waals surface area contributed by atoms with Crippen molar-refractivity contribution in [3.05, 3.63) is 36.5 Å². The summed E-state index contributed by atoms with van der Waals surface area (Å²) >= 11 is 0. The van der Waals surface area contributed by atoms with Gasteiger partial charge in [-0.3, -0.25) is 4.79 Å². The molecule has 174 valence electrons. The Hall–Kier alpha value is -2.78. The first-order chi connectivity index (χ1) is 15.0. The van der Waals surface area contributed by atoms with Gasteiger partial charge in [-0.2, -0.15) is 0 Å². The zero-order chi connectivity index (χ0) is 23.8. The summed E-state index contributed by atoms with van der Waals surface area (Å²) in [6.45, 7) is 10.00. The fraction of sp³-hybridized carbons (Fsp3) is 0.565. The first-order valence-electron chi connectivity index (χ1n) is 10.5. The Bertz CT molecular complexity index is 884. The van der Waals surface area contributed by atoms with Gasteiger partial charge in [0.2, 0.25) is 0 Å². The number of rotatable bonds is 4. The van der Waals surface area contributed by atoms with Gasteiger partial charge in [0, 0.05) is 17.7 Å². The van der Waals surface area contributed by atoms with Crippen molar-refractivity contribution >= 4 is 23.7 Å². The van der Waals surface area contributed by atoms with Gasteiger partial charge in [-0.05, 0) is 33.1 Å². The number of epoxide rings is 1. The molecule has 1 aliphatic carbocycles. The maximum Gasteiger partial charge on any atom is 0.334 e. The molecule has 0 bridgehead atoms. The molecule has 0 amide bonds. The molecule has 0 radical (unpaired) electrons. The Labute approximate surface area is 186 Å². The number of ketones is 1. The van der Waals surface area contributed by atoms with Crippen LogP contribution < -0.4 is 0 Å². The molecular formula is C23H28O9. The lowest BCUT2D eigenvalue weighted by Crippen LogP contribution is -2.60. The summed E-state index contributed by atoms with van der Waals surface area (Å²) < 4.78 is 22.1. The van der Waals surface area contributed by atoms with E-state index in [1.54, 1.807) is 13.8 Å². The largest absolute Gasteiger partial charge is 0.458 e. The monoisotopic (exact) mass is 448 g/mol. The van der Waals surface area contributed by atoms with E-state index < -0.39 is 65.7 Å². The Kier molecular flexibility index (Phi) is 6.71. The van der Waals surface area contributed by atoms with Crippen LogP contribution in [0.1, 0.15) is 34.1 Å². The maximum atomic E-state index is 13.2. The topological polar surface area (TPSA) is 129 Å². The maximum absolute atomic E-state index is 13.2. The van der Waals surface area contributed by atoms with Crippen molar-refractivity contribution in [2.45, 2.75) is 70.2 Å². The molecule has 3 fully saturated rings. The molecule has 2 heterocycles. The van der Waals surface area contributed by atoms with Crippen LogP contribution in [0.5, 0.6) is 0 Å². The van der Waals surface area contributed by atoms with Crippen molar-refractivity contribution < 1.29 is 43.2 Å². The van der Waals surface area contributed by atoms with Crippen molar-refractivity contribution in [2.24, 2.45) is 11.8 Å². The molecule has 2 aliphatic heterocycles. The summed E-state index contributed by atoms with van der Waals surface area (Å²) in [5.41, 5.74) is -2.28. The third-order valence-corrected chi connectivity index (χ3v) is 6.08. The molecule has 0 unspecified atom stereocenters. The van der Waals surface area contributed by atoms with Gasteiger partial charge in [-0.1, -0.05) is 25.7 Å². The van der Waals surface area contributed by atoms with Gasteiger partial charge in [-0.25, -0.2) is 14.4 Å². The summed E-state index contributed by atoms with van der Waals surface area (Å²) in [4.78, 5) is 50.3. The third-order valence-electron chi connectivity index (χ3n) is 6.08. The minimum atomic E-state index is -2.29. The lowest BCUT2D eigenvalue weighted by atomic mass is 9.75. The molecule has 0 spiro atoms. The molecule has 9 heteroatoms. The Morgan fingerprint density at radius 1 is 1.16 bits per heavy atom. The fourth-order valence-electron chi connectivity index (χ4n) is 4.38. The molecule has 2 saturated heterocycles. The lowest BCUT2D eigenvalue weighted by Gasteiger charge is -2.39. The second-order valence-corrected chi connectivity index (χ2v) is 8.50. The van der Waals surface area contributed by atoms with E-state index in [4.69, 9.17) is 18.9 Å². The fourth-order valence-corrected chi connectivity index (χ4v) is 4.38. The zero-order valence-electron chi connectivity index (χ0n) is 18.5. The SMILES string of the molecule is C=C1C(=O)O[C@@H]2C[C@@H](C)[C@@H]3O[C@@H]3C(=O)[C@@](C)(O)[C@H](OC(=O)/C=C/C)[C@@H](OC(=O)/C=C/C)[C@@H]12. The van der Waals surface area contributed by atoms with Crippen LogP contribution in [0, 0.1) is 11.8 Å². The van der Waals surface area contributed by atoms with E-state index >= 15 is 0 Å². The smallest absolute Gasteiger partial charge is 0.334 e. The number of ether oxygens (including phenoxy) is 4. The van der Waals surface area contributed by atoms with Crippen molar-refractivity contribution in [3.8, 4) is 0 Å². The molecule has 0 aromatic rings. The molecule has 1 N–H and O–H groups in total. The standard InChI is InChI=1S/C23H28O9/c1-6-8-14(24)30-18-16-12(4)22(27)29-13(16)10-11(3)17-19(32-17)20(26)23(5,28)21(18)31-15(25)9-7-2/h6-9,11,13,16-19,21,28H,4,10H2,1-3,5H3/b8-6+,9-7+/t11-,13-,16+,17+,18+,19+,21-,23-/m1/s1. The number of fused-ring (bicyclic) bond motifs is 2. The highest BCUT2D eigenvalue weighted by atomic mass is 16.6. The third kappa shape index (κ3) is 4.40. The minimum absolute atomic E-state index is 0.00430. The van der Waals surface area contributed by atoms with Gasteiger partial charge in [-0.15, -0.1) is 0 Å². The number of Topliss-reactive ketones (excluding diaryl/α,β-unsaturated/α-hetero) is 1. The van der Waals surface area contributed by atoms with Crippen LogP contribution in [0.2, 0.25) is 0 Å². The number of hydrogen-bond acceptors (Lipinski definition) is 9. The van der Waals surface area contributed by atoms with E-state index in [9.17, 15) is 24.3 Å². The van der Waals surface area contributed by atoms with E-state index in [1.165, 1.54) is 19.1 Å². The van der Waals surface area contributed by atoms with E-state index in [2.05, 4.69) is 6.58 Å². The number of hydrogen-bond donors (Lipinski definition) is 1. The molecule has 3 aliphatic rings. The van der Waals surface area contributed by atoms with E-state index in [0.29, 0.717) is 6.42 Å². The van der Waals surface area contributed by atoms with Gasteiger partial charge in [0.05, 0.1) is 12.0 Å². The predicted octanol–water partition coefficient (Wildman–Crippen LogP) is 1.19. The summed E-state index contributed by atoms with van der Waals surface area (Å²) in [6, 6.07) is 0. The molecule has 8 atom stereocenters. The highest BCUT2D eigenvalue weighted by Gasteiger charge is 2.63. The van der Waals surface area contributed by atoms with Crippen LogP contribution in [-0.4, -0.2) is 64.9 Å². The van der Waals surface area contributed by atoms with E-state index in [1.807, 2.05) is 6.92 Å². The van der Waals surface area contributed by atoms with Crippen LogP contribution in [0.3, 0.4) is 0 Å². The Morgan fingerprint density at radius 3 is 2.34 bits per heavy atom. The molecular weight excluding hydrogens is 420 g/mol. The minimum Gasteiger partial charge on any atom is -0.458 e. The quantitative estimate of drug-likeness (QED) is 0.292. The molecule has 0 aromatic heterocycles. The molecule has 0 aromatic carbocycles. The lowest BCUT2D eigenvalue weighted by molar-refractivity contribution is -0.194. The van der Waals surface area contributed by atoms with Crippen LogP contribution >= 0.6 is 0 Å². The highest BCUT2D eigenvalue weighted by molar-refractivity contribution is 5.95. The van der Waals surface area contributed by atoms with Crippen molar-refractivity contribution in [1.82, 2.24) is 0 Å². The van der Waals surface area contributed by atoms with Crippen molar-refractivity contribution in [3.63, 3.8) is 0 Å². The van der Waals surface area contributed by atoms with Crippen LogP contribution in [0.25, 0.3) is 0 Å². The number of carbonyl (C=O) groups excluding carboxylic acids is 4. The summed E-state index contributed by atoms with van der Waals surface area (Å²) in [7, 11) is 0. The van der Waals surface area contributed by atoms with Gasteiger partial charge >= 0.3 is 17.9 Å². The molecule has 1 saturated carbocycles. The average Bonchev–Trinajstić information content (AvgIpc) is 3.46. The van der Waals surface area contributed by atoms with Crippen LogP contribution in [0.15, 0.2) is 36.5 Å². The zero-order valence-corrected chi connectivity index (χ0v) is 18.5. The number of carbonyl (C=O) groups is 4. The Morgan fingerprint density at radius 2 is 1.75 bits per heavy atom.